The molecule has 1 aliphatic carbocycles. The summed E-state index contributed by atoms with van der Waals surface area (Å²) in [5, 5.41) is 3.71. The second-order valence-electron chi connectivity index (χ2n) is 7.45. The van der Waals surface area contributed by atoms with E-state index in [0.717, 1.165) is 19.3 Å². The van der Waals surface area contributed by atoms with Gasteiger partial charge in [-0.1, -0.05) is 61.8 Å². The third-order valence-electron chi connectivity index (χ3n) is 5.76. The molecule has 2 atom stereocenters. The first-order valence-electron chi connectivity index (χ1n) is 9.52. The van der Waals surface area contributed by atoms with Crippen LogP contribution in [0.1, 0.15) is 63.1 Å². The number of aryl methyl sites for hydroxylation is 2. The largest absolute Gasteiger partial charge is 0.383 e. The van der Waals surface area contributed by atoms with Crippen molar-refractivity contribution in [2.75, 3.05) is 0 Å². The predicted molar refractivity (Wildman–Crippen MR) is 104 cm³/mol. The van der Waals surface area contributed by atoms with Crippen molar-refractivity contribution in [3.05, 3.63) is 70.5 Å². The van der Waals surface area contributed by atoms with E-state index in [1.165, 1.54) is 29.5 Å². The lowest BCUT2D eigenvalue weighted by Gasteiger charge is -2.42. The van der Waals surface area contributed by atoms with E-state index in [0.29, 0.717) is 6.04 Å². The highest BCUT2D eigenvalue weighted by Crippen LogP contribution is 2.46. The molecule has 2 unspecified atom stereocenters. The molecular formula is C23H31N. The smallest absolute Gasteiger partial charge is 0.0603 e. The molecule has 0 aromatic heterocycles. The van der Waals surface area contributed by atoms with Gasteiger partial charge in [0.2, 0.25) is 0 Å². The van der Waals surface area contributed by atoms with E-state index in [4.69, 9.17) is 0 Å². The maximum absolute atomic E-state index is 3.71. The van der Waals surface area contributed by atoms with Crippen molar-refractivity contribution >= 4 is 0 Å². The van der Waals surface area contributed by atoms with Crippen LogP contribution in [-0.2, 0) is 11.8 Å². The summed E-state index contributed by atoms with van der Waals surface area (Å²) in [5.41, 5.74) is 7.61. The van der Waals surface area contributed by atoms with Crippen LogP contribution in [0.25, 0.3) is 0 Å². The molecule has 1 aliphatic heterocycles. The van der Waals surface area contributed by atoms with E-state index in [1.54, 1.807) is 11.1 Å². The van der Waals surface area contributed by atoms with Gasteiger partial charge in [-0.2, -0.15) is 0 Å². The second-order valence-corrected chi connectivity index (χ2v) is 7.45. The molecule has 0 amide bonds. The highest BCUT2D eigenvalue weighted by molar-refractivity contribution is 5.50. The fraction of sp³-hybridized carbons (Fsp3) is 0.478. The van der Waals surface area contributed by atoms with Crippen molar-refractivity contribution in [3.63, 3.8) is 0 Å². The second kappa shape index (κ2) is 7.01. The quantitative estimate of drug-likeness (QED) is 0.696. The standard InChI is InChI=1S/C23H31N/c1-5-8-20(9-6-2)23(4)21-14-11-17(3)16-19(21)13-12-18-10-7-15-24-22(18)23/h7-8,10-11,14-16,22,24H,5-6,9,12-13H2,1-4H3/b20-8+. The number of nitrogens with one attached hydrogen (secondary N) is 1. The molecular weight excluding hydrogens is 290 g/mol. The summed E-state index contributed by atoms with van der Waals surface area (Å²) in [4.78, 5) is 0. The molecule has 1 heterocycles. The fourth-order valence-electron chi connectivity index (χ4n) is 4.61. The van der Waals surface area contributed by atoms with Gasteiger partial charge >= 0.3 is 0 Å². The molecule has 0 fully saturated rings. The van der Waals surface area contributed by atoms with Crippen LogP contribution in [0.3, 0.4) is 0 Å². The molecule has 0 saturated carbocycles. The molecule has 128 valence electrons. The molecule has 2 aliphatic rings. The van der Waals surface area contributed by atoms with Crippen LogP contribution in [0.5, 0.6) is 0 Å². The minimum Gasteiger partial charge on any atom is -0.383 e. The average Bonchev–Trinajstić information content (AvgIpc) is 2.71. The molecule has 0 spiro atoms. The number of hydrogen-bond donors (Lipinski definition) is 1. The van der Waals surface area contributed by atoms with E-state index >= 15 is 0 Å². The van der Waals surface area contributed by atoms with Gasteiger partial charge in [0.25, 0.3) is 0 Å². The van der Waals surface area contributed by atoms with Gasteiger partial charge in [0.05, 0.1) is 6.04 Å². The maximum atomic E-state index is 3.71. The molecule has 0 saturated heterocycles. The van der Waals surface area contributed by atoms with E-state index in [9.17, 15) is 0 Å². The first-order valence-corrected chi connectivity index (χ1v) is 9.52. The number of hydrogen-bond acceptors (Lipinski definition) is 1. The van der Waals surface area contributed by atoms with Gasteiger partial charge in [-0.05, 0) is 68.5 Å². The summed E-state index contributed by atoms with van der Waals surface area (Å²) in [5.74, 6) is 0. The minimum atomic E-state index is 0.0299. The lowest BCUT2D eigenvalue weighted by atomic mass is 9.66. The molecule has 0 bridgehead atoms. The van der Waals surface area contributed by atoms with E-state index < -0.39 is 0 Å². The van der Waals surface area contributed by atoms with E-state index in [-0.39, 0.29) is 5.41 Å². The fourth-order valence-corrected chi connectivity index (χ4v) is 4.61. The SMILES string of the molecule is CC/C=C(\CCC)C1(C)c2ccc(C)cc2CCC2=CC=CNC21. The van der Waals surface area contributed by atoms with Crippen LogP contribution >= 0.6 is 0 Å². The van der Waals surface area contributed by atoms with Crippen LogP contribution in [0, 0.1) is 6.92 Å². The van der Waals surface area contributed by atoms with E-state index in [2.05, 4.69) is 75.6 Å². The molecule has 1 heteroatoms. The van der Waals surface area contributed by atoms with Crippen LogP contribution in [0.2, 0.25) is 0 Å². The number of rotatable bonds is 4. The highest BCUT2D eigenvalue weighted by Gasteiger charge is 2.43. The van der Waals surface area contributed by atoms with Crippen LogP contribution in [0.15, 0.2) is 53.8 Å². The number of allylic oxidation sites excluding steroid dienone is 3. The average molecular weight is 322 g/mol. The summed E-state index contributed by atoms with van der Waals surface area (Å²) >= 11 is 0. The van der Waals surface area contributed by atoms with Crippen molar-refractivity contribution in [3.8, 4) is 0 Å². The summed E-state index contributed by atoms with van der Waals surface area (Å²) in [7, 11) is 0. The molecule has 3 rings (SSSR count). The van der Waals surface area contributed by atoms with Crippen molar-refractivity contribution in [1.29, 1.82) is 0 Å². The minimum absolute atomic E-state index is 0.0299. The Bertz CT molecular complexity index is 692. The Morgan fingerprint density at radius 3 is 2.88 bits per heavy atom. The molecule has 1 aromatic carbocycles. The normalized spacial score (nSPS) is 26.1. The van der Waals surface area contributed by atoms with Gasteiger partial charge in [0, 0.05) is 5.41 Å². The third kappa shape index (κ3) is 2.85. The van der Waals surface area contributed by atoms with Crippen LogP contribution in [-0.4, -0.2) is 6.04 Å². The van der Waals surface area contributed by atoms with Crippen molar-refractivity contribution in [1.82, 2.24) is 5.32 Å². The summed E-state index contributed by atoms with van der Waals surface area (Å²) in [6, 6.07) is 7.47. The van der Waals surface area contributed by atoms with Gasteiger partial charge in [0.1, 0.15) is 0 Å². The van der Waals surface area contributed by atoms with Crippen LogP contribution in [0.4, 0.5) is 0 Å². The first kappa shape index (κ1) is 17.1. The van der Waals surface area contributed by atoms with Crippen molar-refractivity contribution in [2.45, 2.75) is 71.3 Å². The zero-order valence-corrected chi connectivity index (χ0v) is 15.7. The van der Waals surface area contributed by atoms with Crippen molar-refractivity contribution < 1.29 is 0 Å². The van der Waals surface area contributed by atoms with Gasteiger partial charge < -0.3 is 5.32 Å². The Kier molecular flexibility index (Phi) is 4.99. The lowest BCUT2D eigenvalue weighted by Crippen LogP contribution is -2.47. The first-order chi connectivity index (χ1) is 11.6. The topological polar surface area (TPSA) is 12.0 Å². The van der Waals surface area contributed by atoms with Crippen LogP contribution < -0.4 is 5.32 Å². The zero-order chi connectivity index (χ0) is 17.2. The molecule has 24 heavy (non-hydrogen) atoms. The molecule has 1 aromatic rings. The Balaban J connectivity index is 2.22. The summed E-state index contributed by atoms with van der Waals surface area (Å²) in [6.07, 6.45) is 14.9. The molecule has 0 radical (unpaired) electrons. The highest BCUT2D eigenvalue weighted by atomic mass is 14.9. The third-order valence-corrected chi connectivity index (χ3v) is 5.76. The Morgan fingerprint density at radius 1 is 1.29 bits per heavy atom. The Labute approximate surface area is 147 Å². The number of dihydropyridines is 1. The molecule has 1 nitrogen and oxygen atoms in total. The Morgan fingerprint density at radius 2 is 2.12 bits per heavy atom. The van der Waals surface area contributed by atoms with Crippen molar-refractivity contribution in [2.24, 2.45) is 0 Å². The number of benzene rings is 1. The van der Waals surface area contributed by atoms with Gasteiger partial charge in [-0.3, -0.25) is 0 Å². The van der Waals surface area contributed by atoms with E-state index in [1.807, 2.05) is 0 Å². The van der Waals surface area contributed by atoms with Gasteiger partial charge in [0.15, 0.2) is 0 Å². The van der Waals surface area contributed by atoms with Gasteiger partial charge in [-0.25, -0.2) is 0 Å². The Hall–Kier alpha value is -1.76. The summed E-state index contributed by atoms with van der Waals surface area (Å²) < 4.78 is 0. The number of fused-ring (bicyclic) bond motifs is 2. The van der Waals surface area contributed by atoms with Gasteiger partial charge in [-0.15, -0.1) is 0 Å². The summed E-state index contributed by atoms with van der Waals surface area (Å²) in [6.45, 7) is 9.24. The molecule has 1 N–H and O–H groups in total. The zero-order valence-electron chi connectivity index (χ0n) is 15.7. The monoisotopic (exact) mass is 321 g/mol. The predicted octanol–water partition coefficient (Wildman–Crippen LogP) is 5.75. The maximum Gasteiger partial charge on any atom is 0.0603 e. The lowest BCUT2D eigenvalue weighted by molar-refractivity contribution is 0.417.